The third kappa shape index (κ3) is 2.94. The number of benzene rings is 2. The van der Waals surface area contributed by atoms with Crippen LogP contribution in [0.2, 0.25) is 0 Å². The van der Waals surface area contributed by atoms with Crippen molar-refractivity contribution in [1.82, 2.24) is 0 Å². The first-order valence-electron chi connectivity index (χ1n) is 6.30. The van der Waals surface area contributed by atoms with Crippen LogP contribution in [0.3, 0.4) is 0 Å². The molecule has 2 rings (SSSR count). The zero-order chi connectivity index (χ0) is 13.8. The molecule has 0 saturated carbocycles. The van der Waals surface area contributed by atoms with E-state index in [0.717, 1.165) is 17.5 Å². The maximum absolute atomic E-state index is 12.2. The third-order valence-electron chi connectivity index (χ3n) is 3.10. The molecule has 0 aromatic heterocycles. The number of hydrogen-bond donors (Lipinski definition) is 2. The normalized spacial score (nSPS) is 10.2. The summed E-state index contributed by atoms with van der Waals surface area (Å²) in [5.74, 6) is 0.106. The van der Waals surface area contributed by atoms with Gasteiger partial charge in [-0.15, -0.1) is 0 Å². The molecule has 98 valence electrons. The number of anilines is 1. The van der Waals surface area contributed by atoms with Crippen molar-refractivity contribution >= 4 is 11.6 Å². The van der Waals surface area contributed by atoms with Crippen LogP contribution in [0.5, 0.6) is 5.75 Å². The molecule has 0 bridgehead atoms. The molecule has 3 heteroatoms. The highest BCUT2D eigenvalue weighted by atomic mass is 16.3. The van der Waals surface area contributed by atoms with Gasteiger partial charge in [0.25, 0.3) is 5.91 Å². The van der Waals surface area contributed by atoms with E-state index in [2.05, 4.69) is 5.32 Å². The van der Waals surface area contributed by atoms with Crippen LogP contribution in [0.15, 0.2) is 42.5 Å². The van der Waals surface area contributed by atoms with Crippen LogP contribution < -0.4 is 5.32 Å². The standard InChI is InChI=1S/C16H17NO2/c1-3-12-6-4-5-7-14(12)16(19)17-13-8-9-15(18)11(2)10-13/h4-10,18H,3H2,1-2H3,(H,17,19). The van der Waals surface area contributed by atoms with E-state index in [1.54, 1.807) is 25.1 Å². The van der Waals surface area contributed by atoms with Crippen LogP contribution >= 0.6 is 0 Å². The summed E-state index contributed by atoms with van der Waals surface area (Å²) in [6.45, 7) is 3.82. The summed E-state index contributed by atoms with van der Waals surface area (Å²) >= 11 is 0. The Labute approximate surface area is 112 Å². The van der Waals surface area contributed by atoms with E-state index in [1.807, 2.05) is 31.2 Å². The van der Waals surface area contributed by atoms with E-state index in [4.69, 9.17) is 0 Å². The lowest BCUT2D eigenvalue weighted by Gasteiger charge is -2.09. The fourth-order valence-electron chi connectivity index (χ4n) is 1.98. The Balaban J connectivity index is 2.23. The monoisotopic (exact) mass is 255 g/mol. The van der Waals surface area contributed by atoms with Crippen molar-refractivity contribution in [2.75, 3.05) is 5.32 Å². The molecule has 0 aliphatic heterocycles. The number of aryl methyl sites for hydroxylation is 2. The Hall–Kier alpha value is -2.29. The lowest BCUT2D eigenvalue weighted by molar-refractivity contribution is 0.102. The quantitative estimate of drug-likeness (QED) is 0.824. The fraction of sp³-hybridized carbons (Fsp3) is 0.188. The molecule has 1 amide bonds. The Morgan fingerprint density at radius 2 is 1.95 bits per heavy atom. The van der Waals surface area contributed by atoms with Gasteiger partial charge in [0.15, 0.2) is 0 Å². The predicted molar refractivity (Wildman–Crippen MR) is 76.6 cm³/mol. The molecule has 3 nitrogen and oxygen atoms in total. The van der Waals surface area contributed by atoms with Crippen LogP contribution in [0.25, 0.3) is 0 Å². The molecule has 2 aromatic carbocycles. The highest BCUT2D eigenvalue weighted by molar-refractivity contribution is 6.05. The smallest absolute Gasteiger partial charge is 0.255 e. The van der Waals surface area contributed by atoms with Crippen molar-refractivity contribution in [2.24, 2.45) is 0 Å². The number of phenolic OH excluding ortho intramolecular Hbond substituents is 1. The highest BCUT2D eigenvalue weighted by Gasteiger charge is 2.10. The van der Waals surface area contributed by atoms with E-state index in [-0.39, 0.29) is 11.7 Å². The summed E-state index contributed by atoms with van der Waals surface area (Å²) in [6, 6.07) is 12.6. The SMILES string of the molecule is CCc1ccccc1C(=O)Nc1ccc(O)c(C)c1. The Morgan fingerprint density at radius 3 is 2.63 bits per heavy atom. The van der Waals surface area contributed by atoms with Crippen molar-refractivity contribution in [3.05, 3.63) is 59.2 Å². The van der Waals surface area contributed by atoms with Crippen molar-refractivity contribution in [1.29, 1.82) is 0 Å². The average molecular weight is 255 g/mol. The van der Waals surface area contributed by atoms with Crippen LogP contribution in [0.4, 0.5) is 5.69 Å². The molecule has 0 fully saturated rings. The van der Waals surface area contributed by atoms with Gasteiger partial charge >= 0.3 is 0 Å². The first kappa shape index (κ1) is 13.1. The van der Waals surface area contributed by atoms with Gasteiger partial charge in [0, 0.05) is 11.3 Å². The summed E-state index contributed by atoms with van der Waals surface area (Å²) in [6.07, 6.45) is 0.818. The maximum Gasteiger partial charge on any atom is 0.255 e. The predicted octanol–water partition coefficient (Wildman–Crippen LogP) is 3.52. The molecular formula is C16H17NO2. The number of carbonyl (C=O) groups is 1. The zero-order valence-electron chi connectivity index (χ0n) is 11.1. The van der Waals surface area contributed by atoms with Crippen LogP contribution in [-0.4, -0.2) is 11.0 Å². The molecule has 0 atom stereocenters. The Morgan fingerprint density at radius 1 is 1.21 bits per heavy atom. The number of rotatable bonds is 3. The summed E-state index contributed by atoms with van der Waals surface area (Å²) in [5.41, 5.74) is 3.14. The second-order valence-electron chi connectivity index (χ2n) is 4.47. The topological polar surface area (TPSA) is 49.3 Å². The maximum atomic E-state index is 12.2. The third-order valence-corrected chi connectivity index (χ3v) is 3.10. The average Bonchev–Trinajstić information content (AvgIpc) is 2.43. The number of hydrogen-bond acceptors (Lipinski definition) is 2. The summed E-state index contributed by atoms with van der Waals surface area (Å²) in [4.78, 5) is 12.2. The molecule has 0 radical (unpaired) electrons. The molecule has 2 aromatic rings. The van der Waals surface area contributed by atoms with Crippen LogP contribution in [0, 0.1) is 6.92 Å². The van der Waals surface area contributed by atoms with E-state index >= 15 is 0 Å². The number of amides is 1. The second-order valence-corrected chi connectivity index (χ2v) is 4.47. The van der Waals surface area contributed by atoms with Crippen molar-refractivity contribution in [2.45, 2.75) is 20.3 Å². The van der Waals surface area contributed by atoms with Crippen LogP contribution in [0.1, 0.15) is 28.4 Å². The molecule has 0 aliphatic carbocycles. The molecule has 0 heterocycles. The summed E-state index contributed by atoms with van der Waals surface area (Å²) < 4.78 is 0. The van der Waals surface area contributed by atoms with Gasteiger partial charge in [0.2, 0.25) is 0 Å². The van der Waals surface area contributed by atoms with Gasteiger partial charge in [0.1, 0.15) is 5.75 Å². The van der Waals surface area contributed by atoms with Gasteiger partial charge in [0.05, 0.1) is 0 Å². The molecule has 19 heavy (non-hydrogen) atoms. The molecule has 0 saturated heterocycles. The van der Waals surface area contributed by atoms with E-state index in [0.29, 0.717) is 11.3 Å². The first-order valence-corrected chi connectivity index (χ1v) is 6.30. The minimum atomic E-state index is -0.123. The number of nitrogens with one attached hydrogen (secondary N) is 1. The van der Waals surface area contributed by atoms with Gasteiger partial charge in [-0.1, -0.05) is 25.1 Å². The lowest BCUT2D eigenvalue weighted by Crippen LogP contribution is -2.14. The molecular weight excluding hydrogens is 238 g/mol. The van der Waals surface area contributed by atoms with E-state index < -0.39 is 0 Å². The van der Waals surface area contributed by atoms with Crippen molar-refractivity contribution in [3.8, 4) is 5.75 Å². The number of carbonyl (C=O) groups excluding carboxylic acids is 1. The molecule has 0 spiro atoms. The largest absolute Gasteiger partial charge is 0.508 e. The molecule has 2 N–H and O–H groups in total. The van der Waals surface area contributed by atoms with Gasteiger partial charge in [-0.3, -0.25) is 4.79 Å². The lowest BCUT2D eigenvalue weighted by atomic mass is 10.0. The first-order chi connectivity index (χ1) is 9.11. The van der Waals surface area contributed by atoms with Crippen LogP contribution in [-0.2, 0) is 6.42 Å². The molecule has 0 unspecified atom stereocenters. The van der Waals surface area contributed by atoms with Gasteiger partial charge < -0.3 is 10.4 Å². The number of phenols is 1. The van der Waals surface area contributed by atoms with E-state index in [9.17, 15) is 9.90 Å². The molecule has 0 aliphatic rings. The summed E-state index contributed by atoms with van der Waals surface area (Å²) in [5, 5.41) is 12.3. The Kier molecular flexibility index (Phi) is 3.85. The van der Waals surface area contributed by atoms with E-state index in [1.165, 1.54) is 0 Å². The van der Waals surface area contributed by atoms with Gasteiger partial charge in [-0.05, 0) is 48.7 Å². The fourth-order valence-corrected chi connectivity index (χ4v) is 1.98. The minimum absolute atomic E-state index is 0.123. The van der Waals surface area contributed by atoms with Crippen molar-refractivity contribution in [3.63, 3.8) is 0 Å². The number of aromatic hydroxyl groups is 1. The zero-order valence-corrected chi connectivity index (χ0v) is 11.1. The van der Waals surface area contributed by atoms with Crippen molar-refractivity contribution < 1.29 is 9.90 Å². The minimum Gasteiger partial charge on any atom is -0.508 e. The van der Waals surface area contributed by atoms with Gasteiger partial charge in [-0.25, -0.2) is 0 Å². The second kappa shape index (κ2) is 5.57. The summed E-state index contributed by atoms with van der Waals surface area (Å²) in [7, 11) is 0. The highest BCUT2D eigenvalue weighted by Crippen LogP contribution is 2.21. The van der Waals surface area contributed by atoms with Gasteiger partial charge in [-0.2, -0.15) is 0 Å². The Bertz CT molecular complexity index is 605.